The standard InChI is InChI=1S/C9H7ClN4O/c10-7-3-1-6(2-4-7)8(15)14-5-12-9(11)13-14/h1-5H,(H2,11,13). The highest BCUT2D eigenvalue weighted by Gasteiger charge is 2.09. The van der Waals surface area contributed by atoms with Crippen LogP contribution >= 0.6 is 11.6 Å². The molecule has 2 aromatic rings. The fraction of sp³-hybridized carbons (Fsp3) is 0. The monoisotopic (exact) mass is 222 g/mol. The number of hydrogen-bond acceptors (Lipinski definition) is 4. The number of carbonyl (C=O) groups excluding carboxylic acids is 1. The topological polar surface area (TPSA) is 73.8 Å². The maximum atomic E-state index is 11.7. The first-order valence-electron chi connectivity index (χ1n) is 4.14. The van der Waals surface area contributed by atoms with E-state index < -0.39 is 0 Å². The quantitative estimate of drug-likeness (QED) is 0.787. The molecule has 2 rings (SSSR count). The first kappa shape index (κ1) is 9.67. The van der Waals surface area contributed by atoms with Crippen LogP contribution in [0.4, 0.5) is 5.95 Å². The van der Waals surface area contributed by atoms with Crippen LogP contribution in [0.3, 0.4) is 0 Å². The zero-order valence-electron chi connectivity index (χ0n) is 7.59. The lowest BCUT2D eigenvalue weighted by molar-refractivity contribution is 0.0945. The molecule has 1 aromatic carbocycles. The van der Waals surface area contributed by atoms with Gasteiger partial charge in [0, 0.05) is 10.6 Å². The zero-order valence-corrected chi connectivity index (χ0v) is 8.35. The van der Waals surface area contributed by atoms with Crippen LogP contribution in [-0.2, 0) is 0 Å². The van der Waals surface area contributed by atoms with Crippen molar-refractivity contribution in [3.8, 4) is 0 Å². The van der Waals surface area contributed by atoms with Gasteiger partial charge in [-0.2, -0.15) is 4.68 Å². The molecule has 0 aliphatic carbocycles. The number of carbonyl (C=O) groups is 1. The van der Waals surface area contributed by atoms with Crippen molar-refractivity contribution in [1.82, 2.24) is 14.8 Å². The molecule has 6 heteroatoms. The smallest absolute Gasteiger partial charge is 0.279 e. The highest BCUT2D eigenvalue weighted by molar-refractivity contribution is 6.30. The van der Waals surface area contributed by atoms with Gasteiger partial charge in [0.25, 0.3) is 5.91 Å². The third-order valence-corrected chi connectivity index (χ3v) is 2.06. The Kier molecular flexibility index (Phi) is 2.39. The molecule has 76 valence electrons. The summed E-state index contributed by atoms with van der Waals surface area (Å²) in [5.74, 6) is -0.229. The van der Waals surface area contributed by atoms with Crippen LogP contribution in [0.2, 0.25) is 5.02 Å². The summed E-state index contributed by atoms with van der Waals surface area (Å²) in [5, 5.41) is 4.28. The molecule has 0 amide bonds. The zero-order chi connectivity index (χ0) is 10.8. The summed E-state index contributed by atoms with van der Waals surface area (Å²) in [5.41, 5.74) is 5.78. The molecular formula is C9H7ClN4O. The molecule has 0 bridgehead atoms. The third kappa shape index (κ3) is 1.97. The van der Waals surface area contributed by atoms with Crippen molar-refractivity contribution in [3.05, 3.63) is 41.2 Å². The molecule has 15 heavy (non-hydrogen) atoms. The fourth-order valence-electron chi connectivity index (χ4n) is 1.10. The van der Waals surface area contributed by atoms with E-state index in [1.165, 1.54) is 6.33 Å². The molecule has 0 radical (unpaired) electrons. The van der Waals surface area contributed by atoms with Crippen LogP contribution < -0.4 is 5.73 Å². The van der Waals surface area contributed by atoms with Crippen LogP contribution in [0.25, 0.3) is 0 Å². The Hall–Kier alpha value is -1.88. The first-order chi connectivity index (χ1) is 7.16. The highest BCUT2D eigenvalue weighted by atomic mass is 35.5. The van der Waals surface area contributed by atoms with Crippen LogP contribution in [0.15, 0.2) is 30.6 Å². The Morgan fingerprint density at radius 2 is 2.00 bits per heavy atom. The van der Waals surface area contributed by atoms with Gasteiger partial charge in [-0.05, 0) is 24.3 Å². The normalized spacial score (nSPS) is 10.2. The Labute approximate surface area is 90.5 Å². The minimum atomic E-state index is -0.295. The van der Waals surface area contributed by atoms with Crippen molar-refractivity contribution in [2.75, 3.05) is 5.73 Å². The van der Waals surface area contributed by atoms with E-state index in [-0.39, 0.29) is 11.9 Å². The van der Waals surface area contributed by atoms with Gasteiger partial charge in [-0.1, -0.05) is 11.6 Å². The fourth-order valence-corrected chi connectivity index (χ4v) is 1.22. The molecule has 0 aliphatic heterocycles. The number of nitrogen functional groups attached to an aromatic ring is 1. The Balaban J connectivity index is 2.32. The van der Waals surface area contributed by atoms with E-state index in [9.17, 15) is 4.79 Å². The van der Waals surface area contributed by atoms with Crippen LogP contribution in [0.1, 0.15) is 10.4 Å². The molecule has 0 aliphatic rings. The molecule has 0 fully saturated rings. The minimum Gasteiger partial charge on any atom is -0.366 e. The predicted molar refractivity (Wildman–Crippen MR) is 55.6 cm³/mol. The summed E-state index contributed by atoms with van der Waals surface area (Å²) >= 11 is 5.70. The average molecular weight is 223 g/mol. The number of nitrogens with zero attached hydrogens (tertiary/aromatic N) is 3. The summed E-state index contributed by atoms with van der Waals surface area (Å²) in [4.78, 5) is 15.4. The summed E-state index contributed by atoms with van der Waals surface area (Å²) < 4.78 is 1.08. The van der Waals surface area contributed by atoms with Gasteiger partial charge >= 0.3 is 0 Å². The van der Waals surface area contributed by atoms with Crippen LogP contribution in [0.5, 0.6) is 0 Å². The lowest BCUT2D eigenvalue weighted by Crippen LogP contribution is -2.12. The van der Waals surface area contributed by atoms with Gasteiger partial charge in [0.2, 0.25) is 5.95 Å². The minimum absolute atomic E-state index is 0.0670. The van der Waals surface area contributed by atoms with E-state index in [1.54, 1.807) is 24.3 Å². The highest BCUT2D eigenvalue weighted by Crippen LogP contribution is 2.10. The Morgan fingerprint density at radius 1 is 1.33 bits per heavy atom. The molecule has 0 atom stereocenters. The van der Waals surface area contributed by atoms with Gasteiger partial charge in [-0.15, -0.1) is 5.10 Å². The van der Waals surface area contributed by atoms with Crippen molar-refractivity contribution >= 4 is 23.5 Å². The van der Waals surface area contributed by atoms with Gasteiger partial charge < -0.3 is 5.73 Å². The van der Waals surface area contributed by atoms with Gasteiger partial charge in [0.15, 0.2) is 0 Å². The van der Waals surface area contributed by atoms with E-state index >= 15 is 0 Å². The summed E-state index contributed by atoms with van der Waals surface area (Å²) in [6.07, 6.45) is 1.27. The van der Waals surface area contributed by atoms with Crippen LogP contribution in [0, 0.1) is 0 Å². The number of halogens is 1. The molecule has 1 heterocycles. The Morgan fingerprint density at radius 3 is 2.53 bits per heavy atom. The maximum absolute atomic E-state index is 11.7. The van der Waals surface area contributed by atoms with E-state index in [2.05, 4.69) is 10.1 Å². The van der Waals surface area contributed by atoms with E-state index in [0.29, 0.717) is 10.6 Å². The molecular weight excluding hydrogens is 216 g/mol. The van der Waals surface area contributed by atoms with Crippen LogP contribution in [-0.4, -0.2) is 20.7 Å². The van der Waals surface area contributed by atoms with Crippen molar-refractivity contribution < 1.29 is 4.79 Å². The summed E-state index contributed by atoms with van der Waals surface area (Å²) in [6, 6.07) is 6.50. The number of aromatic nitrogens is 3. The SMILES string of the molecule is Nc1ncn(C(=O)c2ccc(Cl)cc2)n1. The molecule has 0 saturated heterocycles. The molecule has 5 nitrogen and oxygen atoms in total. The molecule has 0 unspecified atom stereocenters. The van der Waals surface area contributed by atoms with E-state index in [1.807, 2.05) is 0 Å². The first-order valence-corrected chi connectivity index (χ1v) is 4.52. The van der Waals surface area contributed by atoms with Gasteiger partial charge in [0.05, 0.1) is 0 Å². The summed E-state index contributed by atoms with van der Waals surface area (Å²) in [7, 11) is 0. The number of anilines is 1. The van der Waals surface area contributed by atoms with Gasteiger partial charge in [0.1, 0.15) is 6.33 Å². The second kappa shape index (κ2) is 3.70. The number of rotatable bonds is 1. The van der Waals surface area contributed by atoms with Gasteiger partial charge in [-0.25, -0.2) is 4.98 Å². The second-order valence-corrected chi connectivity index (χ2v) is 3.30. The van der Waals surface area contributed by atoms with E-state index in [0.717, 1.165) is 4.68 Å². The lowest BCUT2D eigenvalue weighted by atomic mass is 10.2. The average Bonchev–Trinajstić information content (AvgIpc) is 2.65. The second-order valence-electron chi connectivity index (χ2n) is 2.86. The van der Waals surface area contributed by atoms with Crippen molar-refractivity contribution in [2.45, 2.75) is 0 Å². The van der Waals surface area contributed by atoms with Crippen molar-refractivity contribution in [3.63, 3.8) is 0 Å². The van der Waals surface area contributed by atoms with Crippen molar-refractivity contribution in [2.24, 2.45) is 0 Å². The van der Waals surface area contributed by atoms with E-state index in [4.69, 9.17) is 17.3 Å². The Bertz CT molecular complexity index is 491. The molecule has 0 saturated carbocycles. The molecule has 1 aromatic heterocycles. The summed E-state index contributed by atoms with van der Waals surface area (Å²) in [6.45, 7) is 0. The third-order valence-electron chi connectivity index (χ3n) is 1.81. The maximum Gasteiger partial charge on any atom is 0.279 e. The lowest BCUT2D eigenvalue weighted by Gasteiger charge is -1.98. The predicted octanol–water partition coefficient (Wildman–Crippen LogP) is 1.20. The number of benzene rings is 1. The molecule has 2 N–H and O–H groups in total. The molecule has 0 spiro atoms. The van der Waals surface area contributed by atoms with Gasteiger partial charge in [-0.3, -0.25) is 4.79 Å². The number of hydrogen-bond donors (Lipinski definition) is 1. The largest absolute Gasteiger partial charge is 0.366 e. The number of nitrogens with two attached hydrogens (primary N) is 1. The van der Waals surface area contributed by atoms with Crippen molar-refractivity contribution in [1.29, 1.82) is 0 Å².